The Labute approximate surface area is 136 Å². The first-order valence-electron chi connectivity index (χ1n) is 6.97. The number of nitrogens with zero attached hydrogens (tertiary/aromatic N) is 1. The number of halogens is 2. The number of benzene rings is 1. The van der Waals surface area contributed by atoms with Gasteiger partial charge in [0.15, 0.2) is 5.75 Å². The first-order chi connectivity index (χ1) is 9.93. The molecule has 7 heteroatoms. The number of rotatable bonds is 4. The highest BCUT2D eigenvalue weighted by Gasteiger charge is 2.35. The van der Waals surface area contributed by atoms with Crippen LogP contribution in [0.4, 0.5) is 0 Å². The molecule has 0 saturated carbocycles. The summed E-state index contributed by atoms with van der Waals surface area (Å²) < 4.78 is 32.6. The molecule has 21 heavy (non-hydrogen) atoms. The fourth-order valence-corrected chi connectivity index (χ4v) is 5.11. The molecule has 0 bridgehead atoms. The highest BCUT2D eigenvalue weighted by Crippen LogP contribution is 2.39. The summed E-state index contributed by atoms with van der Waals surface area (Å²) in [7, 11) is -2.25. The smallest absolute Gasteiger partial charge is 0.247 e. The first-order valence-corrected chi connectivity index (χ1v) is 9.17. The average Bonchev–Trinajstić information content (AvgIpc) is 2.49. The number of sulfonamides is 1. The minimum absolute atomic E-state index is 0.0305. The molecule has 1 aromatic rings. The number of hydrogen-bond donors (Lipinski definition) is 0. The molecule has 0 radical (unpaired) electrons. The van der Waals surface area contributed by atoms with Crippen molar-refractivity contribution < 1.29 is 13.2 Å². The van der Waals surface area contributed by atoms with E-state index in [0.717, 1.165) is 25.7 Å². The molecule has 1 fully saturated rings. The van der Waals surface area contributed by atoms with Gasteiger partial charge in [-0.1, -0.05) is 36.5 Å². The van der Waals surface area contributed by atoms with E-state index in [1.807, 2.05) is 6.92 Å². The Kier molecular flexibility index (Phi) is 5.41. The number of methoxy groups -OCH3 is 1. The minimum atomic E-state index is -3.64. The first kappa shape index (κ1) is 16.9. The fraction of sp³-hybridized carbons (Fsp3) is 0.571. The van der Waals surface area contributed by atoms with Crippen molar-refractivity contribution in [1.82, 2.24) is 4.31 Å². The van der Waals surface area contributed by atoms with E-state index in [-0.39, 0.29) is 26.7 Å². The summed E-state index contributed by atoms with van der Waals surface area (Å²) >= 11 is 12.0. The van der Waals surface area contributed by atoms with Crippen molar-refractivity contribution in [1.29, 1.82) is 0 Å². The van der Waals surface area contributed by atoms with Gasteiger partial charge in [-0.25, -0.2) is 8.42 Å². The van der Waals surface area contributed by atoms with Crippen LogP contribution in [0.1, 0.15) is 32.6 Å². The van der Waals surface area contributed by atoms with Gasteiger partial charge in [0.1, 0.15) is 9.92 Å². The molecule has 4 nitrogen and oxygen atoms in total. The van der Waals surface area contributed by atoms with Crippen molar-refractivity contribution in [2.45, 2.75) is 43.5 Å². The molecule has 0 N–H and O–H groups in total. The third kappa shape index (κ3) is 3.16. The molecule has 0 spiro atoms. The molecular weight excluding hydrogens is 333 g/mol. The molecular formula is C14H19Cl2NO3S. The summed E-state index contributed by atoms with van der Waals surface area (Å²) in [5, 5.41) is 0.406. The summed E-state index contributed by atoms with van der Waals surface area (Å²) in [6.07, 6.45) is 3.62. The van der Waals surface area contributed by atoms with Crippen molar-refractivity contribution in [3.8, 4) is 5.75 Å². The van der Waals surface area contributed by atoms with Gasteiger partial charge in [0.25, 0.3) is 0 Å². The zero-order valence-electron chi connectivity index (χ0n) is 12.1. The van der Waals surface area contributed by atoms with Crippen LogP contribution in [0.25, 0.3) is 0 Å². The lowest BCUT2D eigenvalue weighted by atomic mass is 10.0. The monoisotopic (exact) mass is 351 g/mol. The number of hydrogen-bond acceptors (Lipinski definition) is 3. The van der Waals surface area contributed by atoms with Gasteiger partial charge >= 0.3 is 0 Å². The predicted octanol–water partition coefficient (Wildman–Crippen LogP) is 3.96. The Hall–Kier alpha value is -0.490. The molecule has 0 amide bonds. The van der Waals surface area contributed by atoms with Gasteiger partial charge in [0.05, 0.1) is 12.1 Å². The van der Waals surface area contributed by atoms with E-state index >= 15 is 0 Å². The van der Waals surface area contributed by atoms with Crippen LogP contribution in [0, 0.1) is 0 Å². The van der Waals surface area contributed by atoms with Gasteiger partial charge in [0.2, 0.25) is 10.0 Å². The third-order valence-corrected chi connectivity index (χ3v) is 6.61. The summed E-state index contributed by atoms with van der Waals surface area (Å²) in [6, 6.07) is 2.98. The van der Waals surface area contributed by atoms with Crippen LogP contribution in [0.5, 0.6) is 5.75 Å². The Balaban J connectivity index is 2.51. The SMILES string of the molecule is CC[C@H]1CCCCN1S(=O)(=O)c1ccc(Cl)c(Cl)c1OC. The van der Waals surface area contributed by atoms with E-state index in [2.05, 4.69) is 0 Å². The lowest BCUT2D eigenvalue weighted by molar-refractivity contribution is 0.246. The number of ether oxygens (including phenoxy) is 1. The molecule has 1 aromatic carbocycles. The van der Waals surface area contributed by atoms with Crippen LogP contribution in [0.3, 0.4) is 0 Å². The fourth-order valence-electron chi connectivity index (χ4n) is 2.73. The third-order valence-electron chi connectivity index (χ3n) is 3.85. The van der Waals surface area contributed by atoms with Crippen molar-refractivity contribution in [2.75, 3.05) is 13.7 Å². The summed E-state index contributed by atoms with van der Waals surface area (Å²) in [5.74, 6) is 0.115. The van der Waals surface area contributed by atoms with Crippen LogP contribution in [-0.4, -0.2) is 32.4 Å². The second kappa shape index (κ2) is 6.73. The van der Waals surface area contributed by atoms with Gasteiger partial charge in [-0.2, -0.15) is 4.31 Å². The predicted molar refractivity (Wildman–Crippen MR) is 84.8 cm³/mol. The Morgan fingerprint density at radius 3 is 2.67 bits per heavy atom. The second-order valence-corrected chi connectivity index (χ2v) is 7.71. The molecule has 0 aromatic heterocycles. The molecule has 1 atom stereocenters. The van der Waals surface area contributed by atoms with Gasteiger partial charge in [0, 0.05) is 12.6 Å². The minimum Gasteiger partial charge on any atom is -0.494 e. The Morgan fingerprint density at radius 1 is 1.33 bits per heavy atom. The molecule has 118 valence electrons. The standard InChI is InChI=1S/C14H19Cl2NO3S/c1-3-10-6-4-5-9-17(10)21(18,19)12-8-7-11(15)13(16)14(12)20-2/h7-8,10H,3-6,9H2,1-2H3/t10-/m0/s1. The van der Waals surface area contributed by atoms with E-state index in [0.29, 0.717) is 6.54 Å². The van der Waals surface area contributed by atoms with Crippen LogP contribution in [-0.2, 0) is 10.0 Å². The van der Waals surface area contributed by atoms with Gasteiger partial charge in [-0.3, -0.25) is 0 Å². The van der Waals surface area contributed by atoms with Crippen molar-refractivity contribution in [3.63, 3.8) is 0 Å². The van der Waals surface area contributed by atoms with E-state index in [1.165, 1.54) is 19.2 Å². The molecule has 1 aliphatic rings. The van der Waals surface area contributed by atoms with Crippen LogP contribution in [0.15, 0.2) is 17.0 Å². The maximum absolute atomic E-state index is 12.9. The zero-order valence-corrected chi connectivity index (χ0v) is 14.4. The van der Waals surface area contributed by atoms with Crippen molar-refractivity contribution in [2.24, 2.45) is 0 Å². The Bertz CT molecular complexity index is 619. The summed E-state index contributed by atoms with van der Waals surface area (Å²) in [6.45, 7) is 2.54. The van der Waals surface area contributed by atoms with Crippen molar-refractivity contribution in [3.05, 3.63) is 22.2 Å². The molecule has 0 unspecified atom stereocenters. The largest absolute Gasteiger partial charge is 0.494 e. The highest BCUT2D eigenvalue weighted by molar-refractivity contribution is 7.89. The van der Waals surface area contributed by atoms with E-state index in [4.69, 9.17) is 27.9 Å². The Morgan fingerprint density at radius 2 is 2.05 bits per heavy atom. The highest BCUT2D eigenvalue weighted by atomic mass is 35.5. The lowest BCUT2D eigenvalue weighted by Crippen LogP contribution is -2.43. The molecule has 1 saturated heterocycles. The van der Waals surface area contributed by atoms with Crippen LogP contribution >= 0.6 is 23.2 Å². The maximum Gasteiger partial charge on any atom is 0.247 e. The van der Waals surface area contributed by atoms with E-state index in [1.54, 1.807) is 4.31 Å². The number of piperidine rings is 1. The topological polar surface area (TPSA) is 46.6 Å². The van der Waals surface area contributed by atoms with Gasteiger partial charge < -0.3 is 4.74 Å². The normalized spacial score (nSPS) is 20.5. The van der Waals surface area contributed by atoms with Gasteiger partial charge in [-0.05, 0) is 31.4 Å². The summed E-state index contributed by atoms with van der Waals surface area (Å²) in [5.41, 5.74) is 0. The van der Waals surface area contributed by atoms with E-state index in [9.17, 15) is 8.42 Å². The molecule has 2 rings (SSSR count). The second-order valence-electron chi connectivity index (χ2n) is 5.07. The van der Waals surface area contributed by atoms with Gasteiger partial charge in [-0.15, -0.1) is 0 Å². The van der Waals surface area contributed by atoms with Crippen LogP contribution in [0.2, 0.25) is 10.0 Å². The van der Waals surface area contributed by atoms with Crippen LogP contribution < -0.4 is 4.74 Å². The maximum atomic E-state index is 12.9. The lowest BCUT2D eigenvalue weighted by Gasteiger charge is -2.34. The summed E-state index contributed by atoms with van der Waals surface area (Å²) in [4.78, 5) is 0.0831. The molecule has 1 aliphatic heterocycles. The average molecular weight is 352 g/mol. The zero-order chi connectivity index (χ0) is 15.6. The quantitative estimate of drug-likeness (QED) is 0.824. The van der Waals surface area contributed by atoms with E-state index < -0.39 is 10.0 Å². The van der Waals surface area contributed by atoms with Crippen molar-refractivity contribution >= 4 is 33.2 Å². The molecule has 1 heterocycles. The molecule has 0 aliphatic carbocycles.